The second kappa shape index (κ2) is 4.00. The number of carbonyl (C=O) groups excluding carboxylic acids is 1. The maximum absolute atomic E-state index is 11.1. The molecule has 0 bridgehead atoms. The lowest BCUT2D eigenvalue weighted by atomic mass is 10.2. The molecule has 0 aliphatic rings. The van der Waals surface area contributed by atoms with Crippen LogP contribution in [0.4, 0.5) is 0 Å². The fourth-order valence-corrected chi connectivity index (χ4v) is 0.912. The topological polar surface area (TPSA) is 52.1 Å². The molecule has 0 fully saturated rings. The van der Waals surface area contributed by atoms with Gasteiger partial charge in [-0.05, 0) is 11.6 Å². The first-order valence-corrected chi connectivity index (χ1v) is 3.80. The molecule has 1 aromatic heterocycles. The Kier molecular flexibility index (Phi) is 2.97. The van der Waals surface area contributed by atoms with Gasteiger partial charge in [-0.1, -0.05) is 12.7 Å². The Morgan fingerprint density at radius 1 is 1.77 bits per heavy atom. The Balaban J connectivity index is 3.23. The van der Waals surface area contributed by atoms with Crippen LogP contribution >= 0.6 is 11.6 Å². The molecule has 68 valence electrons. The summed E-state index contributed by atoms with van der Waals surface area (Å²) in [4.78, 5) is 18.6. The zero-order valence-corrected chi connectivity index (χ0v) is 7.71. The molecule has 0 aromatic carbocycles. The van der Waals surface area contributed by atoms with Crippen LogP contribution in [0.3, 0.4) is 0 Å². The average Bonchev–Trinajstić information content (AvgIpc) is 2.16. The first-order valence-electron chi connectivity index (χ1n) is 3.42. The van der Waals surface area contributed by atoms with Gasteiger partial charge in [0.15, 0.2) is 5.69 Å². The lowest BCUT2D eigenvalue weighted by Crippen LogP contribution is -2.07. The summed E-state index contributed by atoms with van der Waals surface area (Å²) in [5.41, 5.74) is 0.619. The summed E-state index contributed by atoms with van der Waals surface area (Å²) in [6.45, 7) is 3.51. The van der Waals surface area contributed by atoms with Crippen LogP contribution in [-0.2, 0) is 4.74 Å². The molecule has 0 radical (unpaired) electrons. The van der Waals surface area contributed by atoms with Gasteiger partial charge < -0.3 is 4.74 Å². The normalized spacial score (nSPS) is 9.38. The second-order valence-corrected chi connectivity index (χ2v) is 2.48. The minimum atomic E-state index is -0.556. The van der Waals surface area contributed by atoms with Crippen molar-refractivity contribution >= 4 is 23.6 Å². The van der Waals surface area contributed by atoms with Gasteiger partial charge in [-0.25, -0.2) is 14.8 Å². The molecule has 5 heteroatoms. The Bertz CT molecular complexity index is 352. The molecular weight excluding hydrogens is 192 g/mol. The molecule has 0 aliphatic carbocycles. The van der Waals surface area contributed by atoms with Crippen LogP contribution in [-0.4, -0.2) is 23.0 Å². The van der Waals surface area contributed by atoms with Crippen LogP contribution in [0.2, 0.25) is 5.28 Å². The first kappa shape index (κ1) is 9.67. The zero-order valence-electron chi connectivity index (χ0n) is 6.95. The van der Waals surface area contributed by atoms with E-state index in [0.717, 1.165) is 0 Å². The van der Waals surface area contributed by atoms with Gasteiger partial charge in [0.2, 0.25) is 5.28 Å². The molecule has 0 aliphatic heterocycles. The highest BCUT2D eigenvalue weighted by molar-refractivity contribution is 6.28. The van der Waals surface area contributed by atoms with Crippen LogP contribution in [0.5, 0.6) is 0 Å². The smallest absolute Gasteiger partial charge is 0.357 e. The number of aromatic nitrogens is 2. The van der Waals surface area contributed by atoms with Crippen LogP contribution < -0.4 is 0 Å². The Labute approximate surface area is 80.2 Å². The summed E-state index contributed by atoms with van der Waals surface area (Å²) in [6.07, 6.45) is 2.87. The number of methoxy groups -OCH3 is 1. The Hall–Kier alpha value is -1.42. The first-order chi connectivity index (χ1) is 6.19. The standard InChI is InChI=1S/C8H7ClN2O2/c1-3-5-4-10-8(9)11-6(5)7(12)13-2/h3-4H,1H2,2H3. The van der Waals surface area contributed by atoms with E-state index >= 15 is 0 Å². The minimum absolute atomic E-state index is 0.00556. The van der Waals surface area contributed by atoms with Gasteiger partial charge in [0, 0.05) is 11.8 Å². The number of hydrogen-bond acceptors (Lipinski definition) is 4. The minimum Gasteiger partial charge on any atom is -0.464 e. The van der Waals surface area contributed by atoms with Gasteiger partial charge in [-0.3, -0.25) is 0 Å². The molecule has 0 amide bonds. The average molecular weight is 199 g/mol. The van der Waals surface area contributed by atoms with Crippen LogP contribution in [0, 0.1) is 0 Å². The van der Waals surface area contributed by atoms with Crippen molar-refractivity contribution in [1.29, 1.82) is 0 Å². The predicted octanol–water partition coefficient (Wildman–Crippen LogP) is 1.56. The van der Waals surface area contributed by atoms with Gasteiger partial charge in [0.25, 0.3) is 0 Å². The van der Waals surface area contributed by atoms with Gasteiger partial charge >= 0.3 is 5.97 Å². The Morgan fingerprint density at radius 3 is 3.00 bits per heavy atom. The van der Waals surface area contributed by atoms with Gasteiger partial charge in [0.1, 0.15) is 0 Å². The molecule has 13 heavy (non-hydrogen) atoms. The number of nitrogens with zero attached hydrogens (tertiary/aromatic N) is 2. The van der Waals surface area contributed by atoms with Crippen molar-refractivity contribution in [3.63, 3.8) is 0 Å². The molecule has 0 saturated heterocycles. The summed E-state index contributed by atoms with van der Waals surface area (Å²) in [5.74, 6) is -0.556. The SMILES string of the molecule is C=Cc1cnc(Cl)nc1C(=O)OC. The largest absolute Gasteiger partial charge is 0.464 e. The molecule has 0 spiro atoms. The lowest BCUT2D eigenvalue weighted by molar-refractivity contribution is 0.0593. The van der Waals surface area contributed by atoms with Crippen molar-refractivity contribution < 1.29 is 9.53 Å². The molecule has 1 aromatic rings. The summed E-state index contributed by atoms with van der Waals surface area (Å²) < 4.78 is 4.50. The van der Waals surface area contributed by atoms with E-state index in [4.69, 9.17) is 11.6 Å². The summed E-state index contributed by atoms with van der Waals surface area (Å²) >= 11 is 5.51. The fourth-order valence-electron chi connectivity index (χ4n) is 0.779. The zero-order chi connectivity index (χ0) is 9.84. The van der Waals surface area contributed by atoms with E-state index in [1.54, 1.807) is 0 Å². The highest BCUT2D eigenvalue weighted by Gasteiger charge is 2.12. The maximum Gasteiger partial charge on any atom is 0.357 e. The fraction of sp³-hybridized carbons (Fsp3) is 0.125. The van der Waals surface area contributed by atoms with E-state index in [0.29, 0.717) is 5.56 Å². The molecule has 0 atom stereocenters. The number of halogens is 1. The predicted molar refractivity (Wildman–Crippen MR) is 48.5 cm³/mol. The van der Waals surface area contributed by atoms with Gasteiger partial charge in [-0.2, -0.15) is 0 Å². The van der Waals surface area contributed by atoms with Crippen molar-refractivity contribution in [3.05, 3.63) is 29.3 Å². The molecule has 0 unspecified atom stereocenters. The van der Waals surface area contributed by atoms with Crippen molar-refractivity contribution in [2.24, 2.45) is 0 Å². The van der Waals surface area contributed by atoms with Crippen molar-refractivity contribution in [2.45, 2.75) is 0 Å². The molecular formula is C8H7ClN2O2. The molecule has 0 N–H and O–H groups in total. The molecule has 4 nitrogen and oxygen atoms in total. The summed E-state index contributed by atoms with van der Waals surface area (Å²) in [6, 6.07) is 0. The van der Waals surface area contributed by atoms with E-state index in [9.17, 15) is 4.79 Å². The third-order valence-electron chi connectivity index (χ3n) is 1.39. The highest BCUT2D eigenvalue weighted by Crippen LogP contribution is 2.10. The summed E-state index contributed by atoms with van der Waals surface area (Å²) in [7, 11) is 1.27. The number of rotatable bonds is 2. The quantitative estimate of drug-likeness (QED) is 0.535. The summed E-state index contributed by atoms with van der Waals surface area (Å²) in [5, 5.41) is 0.00556. The monoisotopic (exact) mass is 198 g/mol. The number of ether oxygens (including phenoxy) is 1. The van der Waals surface area contributed by atoms with E-state index < -0.39 is 5.97 Å². The number of hydrogen-bond donors (Lipinski definition) is 0. The second-order valence-electron chi connectivity index (χ2n) is 2.14. The lowest BCUT2D eigenvalue weighted by Gasteiger charge is -2.01. The third kappa shape index (κ3) is 2.03. The van der Waals surface area contributed by atoms with Crippen LogP contribution in [0.25, 0.3) is 6.08 Å². The number of esters is 1. The van der Waals surface area contributed by atoms with Gasteiger partial charge in [0.05, 0.1) is 7.11 Å². The van der Waals surface area contributed by atoms with E-state index in [2.05, 4.69) is 21.3 Å². The van der Waals surface area contributed by atoms with Crippen molar-refractivity contribution in [3.8, 4) is 0 Å². The molecule has 1 heterocycles. The van der Waals surface area contributed by atoms with Gasteiger partial charge in [-0.15, -0.1) is 0 Å². The number of carbonyl (C=O) groups is 1. The maximum atomic E-state index is 11.1. The third-order valence-corrected chi connectivity index (χ3v) is 1.57. The van der Waals surface area contributed by atoms with Crippen LogP contribution in [0.1, 0.15) is 16.1 Å². The molecule has 1 rings (SSSR count). The van der Waals surface area contributed by atoms with Crippen LogP contribution in [0.15, 0.2) is 12.8 Å². The van der Waals surface area contributed by atoms with Crippen molar-refractivity contribution in [1.82, 2.24) is 9.97 Å². The Morgan fingerprint density at radius 2 is 2.46 bits per heavy atom. The van der Waals surface area contributed by atoms with E-state index in [-0.39, 0.29) is 11.0 Å². The molecule has 0 saturated carbocycles. The highest BCUT2D eigenvalue weighted by atomic mass is 35.5. The van der Waals surface area contributed by atoms with E-state index in [1.807, 2.05) is 0 Å². The van der Waals surface area contributed by atoms with Crippen molar-refractivity contribution in [2.75, 3.05) is 7.11 Å². The van der Waals surface area contributed by atoms with E-state index in [1.165, 1.54) is 19.4 Å².